The lowest BCUT2D eigenvalue weighted by Crippen LogP contribution is -2.60. The number of piperazine rings is 1. The van der Waals surface area contributed by atoms with Crippen LogP contribution in [0.5, 0.6) is 0 Å². The van der Waals surface area contributed by atoms with Gasteiger partial charge in [-0.05, 0) is 65.8 Å². The summed E-state index contributed by atoms with van der Waals surface area (Å²) < 4.78 is 0. The third kappa shape index (κ3) is 5.10. The predicted molar refractivity (Wildman–Crippen MR) is 125 cm³/mol. The van der Waals surface area contributed by atoms with Gasteiger partial charge < -0.3 is 20.4 Å². The maximum absolute atomic E-state index is 4.82. The molecule has 1 aromatic heterocycles. The van der Waals surface area contributed by atoms with Gasteiger partial charge in [-0.1, -0.05) is 12.1 Å². The molecule has 0 atom stereocenters. The number of hydrogen-bond acceptors (Lipinski definition) is 6. The van der Waals surface area contributed by atoms with Crippen LogP contribution in [0, 0.1) is 0 Å². The van der Waals surface area contributed by atoms with E-state index in [1.165, 1.54) is 5.69 Å². The molecule has 162 valence electrons. The number of nitrogens with zero attached hydrogens (tertiary/aromatic N) is 4. The molecule has 0 unspecified atom stereocenters. The molecule has 0 saturated carbocycles. The second kappa shape index (κ2) is 8.16. The van der Waals surface area contributed by atoms with Crippen LogP contribution in [0.3, 0.4) is 0 Å². The minimum atomic E-state index is 0.0934. The van der Waals surface area contributed by atoms with Crippen molar-refractivity contribution in [3.05, 3.63) is 36.5 Å². The summed E-state index contributed by atoms with van der Waals surface area (Å²) in [6, 6.07) is 11.1. The lowest BCUT2D eigenvalue weighted by Gasteiger charge is -2.46. The van der Waals surface area contributed by atoms with Crippen LogP contribution in [0.4, 0.5) is 11.6 Å². The zero-order chi connectivity index (χ0) is 21.4. The largest absolute Gasteiger partial charge is 0.369 e. The number of anilines is 2. The first kappa shape index (κ1) is 21.1. The number of benzene rings is 1. The first-order valence-electron chi connectivity index (χ1n) is 11.1. The van der Waals surface area contributed by atoms with Crippen molar-refractivity contribution in [1.29, 1.82) is 0 Å². The highest BCUT2D eigenvalue weighted by atomic mass is 15.2. The number of likely N-dealkylation sites (N-methyl/N-ethyl adjacent to an activating group) is 1. The van der Waals surface area contributed by atoms with E-state index in [2.05, 4.69) is 84.4 Å². The highest BCUT2D eigenvalue weighted by molar-refractivity contribution is 5.64. The molecule has 0 bridgehead atoms. The zero-order valence-corrected chi connectivity index (χ0v) is 19.1. The van der Waals surface area contributed by atoms with Crippen LogP contribution in [0.1, 0.15) is 40.5 Å². The first-order valence-corrected chi connectivity index (χ1v) is 11.1. The molecule has 2 fully saturated rings. The second-order valence-corrected chi connectivity index (χ2v) is 10.2. The summed E-state index contributed by atoms with van der Waals surface area (Å²) in [6.45, 7) is 13.5. The fraction of sp³-hybridized carbons (Fsp3) is 0.583. The topological polar surface area (TPSA) is 56.3 Å². The van der Waals surface area contributed by atoms with Crippen LogP contribution >= 0.6 is 0 Å². The third-order valence-corrected chi connectivity index (χ3v) is 6.21. The molecule has 0 spiro atoms. The van der Waals surface area contributed by atoms with E-state index in [1.54, 1.807) is 0 Å². The molecular weight excluding hydrogens is 372 g/mol. The number of piperidine rings is 1. The van der Waals surface area contributed by atoms with E-state index in [-0.39, 0.29) is 11.1 Å². The molecule has 6 nitrogen and oxygen atoms in total. The third-order valence-electron chi connectivity index (χ3n) is 6.21. The second-order valence-electron chi connectivity index (χ2n) is 10.2. The summed E-state index contributed by atoms with van der Waals surface area (Å²) in [6.07, 6.45) is 3.95. The summed E-state index contributed by atoms with van der Waals surface area (Å²) >= 11 is 0. The van der Waals surface area contributed by atoms with Crippen LogP contribution in [-0.4, -0.2) is 65.2 Å². The van der Waals surface area contributed by atoms with Crippen molar-refractivity contribution >= 4 is 11.6 Å². The monoisotopic (exact) mass is 408 g/mol. The van der Waals surface area contributed by atoms with Gasteiger partial charge in [0, 0.05) is 60.7 Å². The minimum absolute atomic E-state index is 0.0934. The number of rotatable bonds is 4. The normalized spacial score (nSPS) is 22.1. The van der Waals surface area contributed by atoms with E-state index < -0.39 is 0 Å². The molecule has 2 saturated heterocycles. The molecule has 0 radical (unpaired) electrons. The molecule has 2 N–H and O–H groups in total. The summed E-state index contributed by atoms with van der Waals surface area (Å²) in [5.41, 5.74) is 3.57. The molecule has 0 aliphatic carbocycles. The Kier molecular flexibility index (Phi) is 5.73. The summed E-state index contributed by atoms with van der Waals surface area (Å²) in [5.74, 6) is 0.717. The van der Waals surface area contributed by atoms with Gasteiger partial charge in [0.05, 0.1) is 5.69 Å². The SMILES string of the molecule is CN1CCN(c2ccc(-c3ccnc(NC4CC(C)(C)NC(C)(C)C4)n3)cc2)CC1. The number of aromatic nitrogens is 2. The van der Waals surface area contributed by atoms with Gasteiger partial charge in [0.2, 0.25) is 5.95 Å². The Morgan fingerprint density at radius 1 is 0.933 bits per heavy atom. The van der Waals surface area contributed by atoms with Gasteiger partial charge in [-0.15, -0.1) is 0 Å². The molecule has 2 aliphatic heterocycles. The Morgan fingerprint density at radius 3 is 2.20 bits per heavy atom. The molecule has 0 amide bonds. The van der Waals surface area contributed by atoms with E-state index >= 15 is 0 Å². The molecule has 30 heavy (non-hydrogen) atoms. The van der Waals surface area contributed by atoms with Gasteiger partial charge in [-0.3, -0.25) is 0 Å². The van der Waals surface area contributed by atoms with Crippen molar-refractivity contribution in [2.24, 2.45) is 0 Å². The van der Waals surface area contributed by atoms with Crippen LogP contribution in [0.15, 0.2) is 36.5 Å². The summed E-state index contributed by atoms with van der Waals surface area (Å²) in [4.78, 5) is 14.2. The lowest BCUT2D eigenvalue weighted by atomic mass is 9.80. The Hall–Kier alpha value is -2.18. The van der Waals surface area contributed by atoms with Crippen molar-refractivity contribution in [3.63, 3.8) is 0 Å². The van der Waals surface area contributed by atoms with Crippen molar-refractivity contribution in [3.8, 4) is 11.3 Å². The summed E-state index contributed by atoms with van der Waals surface area (Å²) in [5, 5.41) is 7.33. The number of hydrogen-bond donors (Lipinski definition) is 2. The summed E-state index contributed by atoms with van der Waals surface area (Å²) in [7, 11) is 2.19. The van der Waals surface area contributed by atoms with Crippen molar-refractivity contribution in [2.45, 2.75) is 57.7 Å². The molecule has 2 aromatic rings. The number of nitrogens with one attached hydrogen (secondary N) is 2. The zero-order valence-electron chi connectivity index (χ0n) is 19.1. The maximum atomic E-state index is 4.82. The maximum Gasteiger partial charge on any atom is 0.223 e. The van der Waals surface area contributed by atoms with Crippen LogP contribution in [0.2, 0.25) is 0 Å². The van der Waals surface area contributed by atoms with Crippen LogP contribution in [0.25, 0.3) is 11.3 Å². The van der Waals surface area contributed by atoms with Crippen molar-refractivity contribution in [2.75, 3.05) is 43.4 Å². The minimum Gasteiger partial charge on any atom is -0.369 e. The van der Waals surface area contributed by atoms with Gasteiger partial charge >= 0.3 is 0 Å². The van der Waals surface area contributed by atoms with Gasteiger partial charge in [-0.25, -0.2) is 9.97 Å². The smallest absolute Gasteiger partial charge is 0.223 e. The fourth-order valence-corrected chi connectivity index (χ4v) is 5.10. The molecule has 6 heteroatoms. The highest BCUT2D eigenvalue weighted by Crippen LogP contribution is 2.30. The van der Waals surface area contributed by atoms with E-state index in [0.29, 0.717) is 12.0 Å². The van der Waals surface area contributed by atoms with E-state index in [9.17, 15) is 0 Å². The Labute approximate surface area is 181 Å². The van der Waals surface area contributed by atoms with Gasteiger partial charge in [0.15, 0.2) is 0 Å². The quantitative estimate of drug-likeness (QED) is 0.806. The predicted octanol–water partition coefficient (Wildman–Crippen LogP) is 3.62. The average Bonchev–Trinajstić information content (AvgIpc) is 2.66. The highest BCUT2D eigenvalue weighted by Gasteiger charge is 2.37. The van der Waals surface area contributed by atoms with Crippen LogP contribution in [-0.2, 0) is 0 Å². The fourth-order valence-electron chi connectivity index (χ4n) is 5.10. The molecule has 2 aliphatic rings. The van der Waals surface area contributed by atoms with E-state index in [0.717, 1.165) is 50.3 Å². The van der Waals surface area contributed by atoms with Crippen molar-refractivity contribution < 1.29 is 0 Å². The molecule has 3 heterocycles. The van der Waals surface area contributed by atoms with Crippen molar-refractivity contribution in [1.82, 2.24) is 20.2 Å². The Bertz CT molecular complexity index is 836. The molecule has 1 aromatic carbocycles. The Balaban J connectivity index is 1.45. The van der Waals surface area contributed by atoms with Gasteiger partial charge in [-0.2, -0.15) is 0 Å². The van der Waals surface area contributed by atoms with E-state index in [1.807, 2.05) is 12.3 Å². The lowest BCUT2D eigenvalue weighted by molar-refractivity contribution is 0.170. The van der Waals surface area contributed by atoms with Crippen LogP contribution < -0.4 is 15.5 Å². The average molecular weight is 409 g/mol. The van der Waals surface area contributed by atoms with Gasteiger partial charge in [0.25, 0.3) is 0 Å². The standard InChI is InChI=1S/C24H36N6/c1-23(2)16-19(17-24(3,4)28-23)26-22-25-11-10-21(27-22)18-6-8-20(9-7-18)30-14-12-29(5)13-15-30/h6-11,19,28H,12-17H2,1-5H3,(H,25,26,27). The van der Waals surface area contributed by atoms with Gasteiger partial charge in [0.1, 0.15) is 0 Å². The molecular formula is C24H36N6. The molecule has 4 rings (SSSR count). The Morgan fingerprint density at radius 2 is 1.57 bits per heavy atom. The first-order chi connectivity index (χ1) is 14.2. The van der Waals surface area contributed by atoms with E-state index in [4.69, 9.17) is 4.98 Å².